The average molecular weight is 368 g/mol. The Morgan fingerprint density at radius 3 is 2.85 bits per heavy atom. The number of anilines is 1. The zero-order chi connectivity index (χ0) is 19.7. The Kier molecular flexibility index (Phi) is 4.10. The number of nitrogens with zero attached hydrogens (tertiary/aromatic N) is 4. The highest BCUT2D eigenvalue weighted by Gasteiger charge is 2.35. The quantitative estimate of drug-likeness (QED) is 0.693. The van der Waals surface area contributed by atoms with E-state index in [0.29, 0.717) is 16.7 Å². The zero-order valence-electron chi connectivity index (χ0n) is 15.2. The molecule has 4 atom stereocenters. The standard InChI is InChI=1S/C19H18FN5O2/c1-11-7-8-13(14(20)16(11)26)25-10-23-15-17(21-9-22-18(15)25)24-19(27)12-5-3-2-4-6-12/h2-11,13-14,16,26H,1H3,(H,21,22,24,27)/t11-,13+,14-,16+/m0/s1/i1D. The van der Waals surface area contributed by atoms with Gasteiger partial charge in [-0.2, -0.15) is 0 Å². The van der Waals surface area contributed by atoms with Crippen molar-refractivity contribution in [1.82, 2.24) is 19.5 Å². The molecule has 8 heteroatoms. The molecule has 0 unspecified atom stereocenters. The molecule has 0 aliphatic heterocycles. The molecule has 2 heterocycles. The highest BCUT2D eigenvalue weighted by atomic mass is 19.1. The van der Waals surface area contributed by atoms with Gasteiger partial charge in [-0.05, 0) is 12.1 Å². The molecular weight excluding hydrogens is 349 g/mol. The third-order valence-electron chi connectivity index (χ3n) is 4.59. The lowest BCUT2D eigenvalue weighted by Gasteiger charge is -2.30. The highest BCUT2D eigenvalue weighted by molar-refractivity contribution is 6.06. The Labute approximate surface area is 156 Å². The van der Waals surface area contributed by atoms with Gasteiger partial charge < -0.3 is 15.0 Å². The molecule has 0 saturated heterocycles. The van der Waals surface area contributed by atoms with Gasteiger partial charge in [-0.3, -0.25) is 4.79 Å². The monoisotopic (exact) mass is 368 g/mol. The van der Waals surface area contributed by atoms with Crippen molar-refractivity contribution in [2.75, 3.05) is 5.32 Å². The van der Waals surface area contributed by atoms with Crippen molar-refractivity contribution in [2.24, 2.45) is 5.92 Å². The number of allylic oxidation sites excluding steroid dienone is 1. The lowest BCUT2D eigenvalue weighted by atomic mass is 9.89. The maximum Gasteiger partial charge on any atom is 0.256 e. The number of hydrogen-bond donors (Lipinski definition) is 2. The summed E-state index contributed by atoms with van der Waals surface area (Å²) in [6.45, 7) is -0.0900. The summed E-state index contributed by atoms with van der Waals surface area (Å²) in [6.07, 6.45) is 3.06. The van der Waals surface area contributed by atoms with Crippen LogP contribution >= 0.6 is 0 Å². The van der Waals surface area contributed by atoms with E-state index in [1.807, 2.05) is 6.07 Å². The Hall–Kier alpha value is -3.13. The number of alkyl halides is 1. The van der Waals surface area contributed by atoms with Gasteiger partial charge in [0.1, 0.15) is 6.33 Å². The Morgan fingerprint density at radius 2 is 2.07 bits per heavy atom. The van der Waals surface area contributed by atoms with Gasteiger partial charge in [-0.25, -0.2) is 19.3 Å². The molecule has 0 radical (unpaired) electrons. The van der Waals surface area contributed by atoms with Gasteiger partial charge in [0.15, 0.2) is 23.2 Å². The summed E-state index contributed by atoms with van der Waals surface area (Å²) in [5.41, 5.74) is 1.13. The molecule has 2 aromatic heterocycles. The summed E-state index contributed by atoms with van der Waals surface area (Å²) in [6, 6.07) is 7.87. The van der Waals surface area contributed by atoms with Crippen LogP contribution in [0.5, 0.6) is 0 Å². The first-order valence-electron chi connectivity index (χ1n) is 9.14. The van der Waals surface area contributed by atoms with Crippen molar-refractivity contribution >= 4 is 22.9 Å². The van der Waals surface area contributed by atoms with Crippen molar-refractivity contribution in [3.63, 3.8) is 0 Å². The van der Waals surface area contributed by atoms with Crippen LogP contribution in [0, 0.1) is 5.92 Å². The maximum atomic E-state index is 14.8. The summed E-state index contributed by atoms with van der Waals surface area (Å²) in [5.74, 6) is -0.668. The number of halogens is 1. The fraction of sp³-hybridized carbons (Fsp3) is 0.263. The lowest BCUT2D eigenvalue weighted by molar-refractivity contribution is 0.0245. The van der Waals surface area contributed by atoms with E-state index < -0.39 is 24.2 Å². The van der Waals surface area contributed by atoms with E-state index in [0.717, 1.165) is 0 Å². The number of carbonyl (C=O) groups is 1. The predicted molar refractivity (Wildman–Crippen MR) is 98.0 cm³/mol. The fourth-order valence-corrected chi connectivity index (χ4v) is 3.09. The highest BCUT2D eigenvalue weighted by Crippen LogP contribution is 2.32. The van der Waals surface area contributed by atoms with E-state index in [2.05, 4.69) is 20.3 Å². The van der Waals surface area contributed by atoms with Crippen molar-refractivity contribution in [3.8, 4) is 0 Å². The van der Waals surface area contributed by atoms with Crippen molar-refractivity contribution in [2.45, 2.75) is 25.2 Å². The summed E-state index contributed by atoms with van der Waals surface area (Å²) in [4.78, 5) is 24.9. The second-order valence-corrected chi connectivity index (χ2v) is 6.34. The number of amides is 1. The minimum absolute atomic E-state index is 0.0900. The Balaban J connectivity index is 1.67. The van der Waals surface area contributed by atoms with Crippen LogP contribution in [0.2, 0.25) is 0 Å². The van der Waals surface area contributed by atoms with E-state index in [1.165, 1.54) is 17.2 Å². The molecular formula is C19H18FN5O2. The number of imidazole rings is 1. The van der Waals surface area contributed by atoms with Crippen LogP contribution in [0.1, 0.15) is 24.7 Å². The van der Waals surface area contributed by atoms with E-state index in [4.69, 9.17) is 1.37 Å². The van der Waals surface area contributed by atoms with Gasteiger partial charge >= 0.3 is 0 Å². The molecule has 1 aliphatic carbocycles. The normalized spacial score (nSPS) is 25.3. The summed E-state index contributed by atoms with van der Waals surface area (Å²) >= 11 is 0. The third kappa shape index (κ3) is 3.08. The second kappa shape index (κ2) is 6.88. The first kappa shape index (κ1) is 16.1. The van der Waals surface area contributed by atoms with Crippen LogP contribution in [-0.2, 0) is 0 Å². The van der Waals surface area contributed by atoms with Gasteiger partial charge in [0.05, 0.1) is 18.5 Å². The number of benzene rings is 1. The number of aliphatic hydroxyl groups excluding tert-OH is 1. The molecule has 0 spiro atoms. The topological polar surface area (TPSA) is 92.9 Å². The van der Waals surface area contributed by atoms with Gasteiger partial charge in [-0.15, -0.1) is 0 Å². The molecule has 1 aliphatic rings. The van der Waals surface area contributed by atoms with Gasteiger partial charge in [-0.1, -0.05) is 37.3 Å². The smallest absolute Gasteiger partial charge is 0.256 e. The van der Waals surface area contributed by atoms with E-state index >= 15 is 0 Å². The third-order valence-corrected chi connectivity index (χ3v) is 4.59. The zero-order valence-corrected chi connectivity index (χ0v) is 14.2. The van der Waals surface area contributed by atoms with E-state index in [9.17, 15) is 14.3 Å². The Bertz CT molecular complexity index is 1030. The second-order valence-electron chi connectivity index (χ2n) is 6.34. The number of fused-ring (bicyclic) bond motifs is 1. The van der Waals surface area contributed by atoms with Crippen LogP contribution in [-0.4, -0.2) is 42.8 Å². The first-order chi connectivity index (χ1) is 13.6. The number of rotatable bonds is 3. The minimum Gasteiger partial charge on any atom is -0.389 e. The first-order valence-corrected chi connectivity index (χ1v) is 8.43. The number of nitrogens with one attached hydrogen (secondary N) is 1. The maximum absolute atomic E-state index is 14.8. The molecule has 7 nitrogen and oxygen atoms in total. The molecule has 0 fully saturated rings. The van der Waals surface area contributed by atoms with Crippen LogP contribution in [0.4, 0.5) is 10.2 Å². The number of hydrogen-bond acceptors (Lipinski definition) is 5. The predicted octanol–water partition coefficient (Wildman–Crippen LogP) is 2.52. The van der Waals surface area contributed by atoms with Crippen LogP contribution in [0.15, 0.2) is 55.1 Å². The molecule has 1 amide bonds. The minimum atomic E-state index is -1.60. The van der Waals surface area contributed by atoms with Gasteiger partial charge in [0, 0.05) is 12.9 Å². The summed E-state index contributed by atoms with van der Waals surface area (Å²) < 4.78 is 23.7. The van der Waals surface area contributed by atoms with Crippen LogP contribution in [0.25, 0.3) is 11.2 Å². The average Bonchev–Trinajstić information content (AvgIpc) is 3.15. The molecule has 2 N–H and O–H groups in total. The SMILES string of the molecule is [2H]C[C@H]1C=C[C@@H](n2cnc3c(NC(=O)c4ccccc4)ncnc32)[C@H](F)[C@@H]1O. The molecule has 4 rings (SSSR count). The van der Waals surface area contributed by atoms with Crippen molar-refractivity contribution < 1.29 is 15.7 Å². The largest absolute Gasteiger partial charge is 0.389 e. The number of carbonyl (C=O) groups excluding carboxylic acids is 1. The van der Waals surface area contributed by atoms with E-state index in [1.54, 1.807) is 36.4 Å². The summed E-state index contributed by atoms with van der Waals surface area (Å²) in [7, 11) is 0. The molecule has 0 saturated carbocycles. The number of aromatic nitrogens is 4. The molecule has 0 bridgehead atoms. The lowest BCUT2D eigenvalue weighted by Crippen LogP contribution is -2.37. The molecule has 138 valence electrons. The van der Waals surface area contributed by atoms with E-state index in [-0.39, 0.29) is 18.6 Å². The van der Waals surface area contributed by atoms with Gasteiger partial charge in [0.2, 0.25) is 0 Å². The van der Waals surface area contributed by atoms with Crippen molar-refractivity contribution in [1.29, 1.82) is 0 Å². The summed E-state index contributed by atoms with van der Waals surface area (Å²) in [5, 5.41) is 12.8. The molecule has 27 heavy (non-hydrogen) atoms. The van der Waals surface area contributed by atoms with Gasteiger partial charge in [0.25, 0.3) is 5.91 Å². The Morgan fingerprint density at radius 1 is 1.26 bits per heavy atom. The number of aliphatic hydroxyl groups is 1. The van der Waals surface area contributed by atoms with Crippen molar-refractivity contribution in [3.05, 3.63) is 60.7 Å². The van der Waals surface area contributed by atoms with Crippen LogP contribution in [0.3, 0.4) is 0 Å². The fourth-order valence-electron chi connectivity index (χ4n) is 3.09. The molecule has 1 aromatic carbocycles. The molecule has 3 aromatic rings. The van der Waals surface area contributed by atoms with Crippen LogP contribution < -0.4 is 5.32 Å².